The Labute approximate surface area is 145 Å². The van der Waals surface area contributed by atoms with Gasteiger partial charge in [0.05, 0.1) is 10.6 Å². The van der Waals surface area contributed by atoms with E-state index >= 15 is 0 Å². The molecule has 0 saturated heterocycles. The van der Waals surface area contributed by atoms with Gasteiger partial charge >= 0.3 is 0 Å². The van der Waals surface area contributed by atoms with Crippen LogP contribution in [0, 0.1) is 0 Å². The second kappa shape index (κ2) is 6.46. The number of nitrogens with zero attached hydrogens (tertiary/aromatic N) is 2. The molecule has 23 heavy (non-hydrogen) atoms. The summed E-state index contributed by atoms with van der Waals surface area (Å²) < 4.78 is 0. The molecular weight excluding hydrogens is 350 g/mol. The van der Waals surface area contributed by atoms with Crippen molar-refractivity contribution in [2.75, 3.05) is 14.1 Å². The lowest BCUT2D eigenvalue weighted by atomic mass is 10.2. The van der Waals surface area contributed by atoms with Crippen molar-refractivity contribution in [1.82, 2.24) is 14.9 Å². The van der Waals surface area contributed by atoms with Crippen LogP contribution in [0.5, 0.6) is 0 Å². The number of amides is 1. The van der Waals surface area contributed by atoms with E-state index in [0.717, 1.165) is 10.4 Å². The number of thiophene rings is 2. The van der Waals surface area contributed by atoms with Gasteiger partial charge in [0.1, 0.15) is 4.83 Å². The summed E-state index contributed by atoms with van der Waals surface area (Å²) in [5, 5.41) is 4.74. The summed E-state index contributed by atoms with van der Waals surface area (Å²) in [5.74, 6) is -0.0109. The van der Waals surface area contributed by atoms with E-state index < -0.39 is 0 Å². The lowest BCUT2D eigenvalue weighted by Gasteiger charge is -2.15. The van der Waals surface area contributed by atoms with Crippen molar-refractivity contribution in [1.29, 1.82) is 0 Å². The molecule has 0 radical (unpaired) electrons. The van der Waals surface area contributed by atoms with Gasteiger partial charge in [0, 0.05) is 29.9 Å². The van der Waals surface area contributed by atoms with Crippen LogP contribution >= 0.6 is 34.4 Å². The van der Waals surface area contributed by atoms with Crippen molar-refractivity contribution < 1.29 is 4.79 Å². The summed E-state index contributed by atoms with van der Waals surface area (Å²) >= 11 is 4.31. The third-order valence-corrected chi connectivity index (χ3v) is 6.03. The lowest BCUT2D eigenvalue weighted by Crippen LogP contribution is -2.30. The Morgan fingerprint density at radius 1 is 1.39 bits per heavy atom. The third kappa shape index (κ3) is 3.19. The zero-order valence-electron chi connectivity index (χ0n) is 12.8. The average Bonchev–Trinajstić information content (AvgIpc) is 3.14. The van der Waals surface area contributed by atoms with Crippen molar-refractivity contribution in [3.8, 4) is 10.4 Å². The molecule has 3 aromatic rings. The number of carbonyl (C=O) groups excluding carboxylic acids is 1. The lowest BCUT2D eigenvalue weighted by molar-refractivity contribution is -0.127. The number of aromatic nitrogens is 2. The Kier molecular flexibility index (Phi) is 4.56. The second-order valence-corrected chi connectivity index (χ2v) is 8.31. The highest BCUT2D eigenvalue weighted by atomic mass is 32.2. The SMILES string of the molecule is C[C@@H](Sc1nc2scc(-c3cccs3)c2c(=O)[nH]1)C(=O)N(C)C. The van der Waals surface area contributed by atoms with Gasteiger partial charge in [-0.1, -0.05) is 17.8 Å². The number of fused-ring (bicyclic) bond motifs is 1. The first-order chi connectivity index (χ1) is 11.0. The molecule has 0 saturated carbocycles. The van der Waals surface area contributed by atoms with Gasteiger partial charge in [0.15, 0.2) is 5.16 Å². The summed E-state index contributed by atoms with van der Waals surface area (Å²) in [6, 6.07) is 3.95. The van der Waals surface area contributed by atoms with Gasteiger partial charge in [-0.3, -0.25) is 9.59 Å². The van der Waals surface area contributed by atoms with Crippen molar-refractivity contribution in [3.63, 3.8) is 0 Å². The van der Waals surface area contributed by atoms with E-state index in [9.17, 15) is 9.59 Å². The van der Waals surface area contributed by atoms with E-state index in [1.807, 2.05) is 29.8 Å². The maximum Gasteiger partial charge on any atom is 0.260 e. The molecule has 120 valence electrons. The van der Waals surface area contributed by atoms with E-state index in [-0.39, 0.29) is 16.7 Å². The topological polar surface area (TPSA) is 66.1 Å². The average molecular weight is 366 g/mol. The molecule has 0 aliphatic rings. The number of rotatable bonds is 4. The number of nitrogens with one attached hydrogen (secondary N) is 1. The Morgan fingerprint density at radius 2 is 2.17 bits per heavy atom. The summed E-state index contributed by atoms with van der Waals surface area (Å²) in [6.45, 7) is 1.81. The number of thioether (sulfide) groups is 1. The molecule has 8 heteroatoms. The molecule has 0 unspecified atom stereocenters. The molecule has 0 fully saturated rings. The molecule has 0 aliphatic carbocycles. The van der Waals surface area contributed by atoms with E-state index in [1.54, 1.807) is 25.4 Å². The maximum absolute atomic E-state index is 12.5. The summed E-state index contributed by atoms with van der Waals surface area (Å²) in [5.41, 5.74) is 0.759. The van der Waals surface area contributed by atoms with Gasteiger partial charge in [-0.25, -0.2) is 4.98 Å². The van der Waals surface area contributed by atoms with Gasteiger partial charge < -0.3 is 9.88 Å². The van der Waals surface area contributed by atoms with Gasteiger partial charge in [-0.15, -0.1) is 22.7 Å². The summed E-state index contributed by atoms with van der Waals surface area (Å²) in [7, 11) is 3.43. The van der Waals surface area contributed by atoms with Gasteiger partial charge in [0.2, 0.25) is 5.91 Å². The molecular formula is C15H15N3O2S3. The first kappa shape index (κ1) is 16.2. The first-order valence-corrected chi connectivity index (χ1v) is 9.54. The van der Waals surface area contributed by atoms with Gasteiger partial charge in [-0.05, 0) is 18.4 Å². The van der Waals surface area contributed by atoms with Crippen LogP contribution in [0.4, 0.5) is 0 Å². The monoisotopic (exact) mass is 365 g/mol. The fourth-order valence-corrected chi connectivity index (χ4v) is 4.94. The Hall–Kier alpha value is -1.64. The molecule has 0 aromatic carbocycles. The Morgan fingerprint density at radius 3 is 2.83 bits per heavy atom. The van der Waals surface area contributed by atoms with Crippen molar-refractivity contribution in [2.24, 2.45) is 0 Å². The van der Waals surface area contributed by atoms with E-state index in [1.165, 1.54) is 28.0 Å². The minimum absolute atomic E-state index is 0.0109. The predicted molar refractivity (Wildman–Crippen MR) is 97.6 cm³/mol. The quantitative estimate of drug-likeness (QED) is 0.569. The highest BCUT2D eigenvalue weighted by molar-refractivity contribution is 8.00. The van der Waals surface area contributed by atoms with E-state index in [2.05, 4.69) is 9.97 Å². The molecule has 3 aromatic heterocycles. The number of aromatic amines is 1. The largest absolute Gasteiger partial charge is 0.348 e. The molecule has 1 N–H and O–H groups in total. The minimum atomic E-state index is -0.303. The van der Waals surface area contributed by atoms with Crippen molar-refractivity contribution in [2.45, 2.75) is 17.3 Å². The standard InChI is InChI=1S/C15H15N3O2S3/c1-8(14(20)18(2)3)23-15-16-12(19)11-9(7-22-13(11)17-15)10-5-4-6-21-10/h4-8H,1-3H3,(H,16,17,19)/t8-/m1/s1. The molecule has 3 heterocycles. The zero-order chi connectivity index (χ0) is 16.6. The highest BCUT2D eigenvalue weighted by Gasteiger charge is 2.19. The Balaban J connectivity index is 1.97. The van der Waals surface area contributed by atoms with Crippen LogP contribution in [0.15, 0.2) is 32.8 Å². The van der Waals surface area contributed by atoms with Crippen molar-refractivity contribution in [3.05, 3.63) is 33.2 Å². The molecule has 5 nitrogen and oxygen atoms in total. The van der Waals surface area contributed by atoms with Crippen LogP contribution in [-0.4, -0.2) is 40.1 Å². The number of H-pyrrole nitrogens is 1. The smallest absolute Gasteiger partial charge is 0.260 e. The molecule has 0 bridgehead atoms. The number of hydrogen-bond donors (Lipinski definition) is 1. The fourth-order valence-electron chi connectivity index (χ4n) is 2.18. The molecule has 3 rings (SSSR count). The number of hydrogen-bond acceptors (Lipinski definition) is 6. The first-order valence-electron chi connectivity index (χ1n) is 6.90. The molecule has 0 aliphatic heterocycles. The molecule has 1 amide bonds. The van der Waals surface area contributed by atoms with Crippen LogP contribution in [0.2, 0.25) is 0 Å². The van der Waals surface area contributed by atoms with Crippen LogP contribution in [0.1, 0.15) is 6.92 Å². The van der Waals surface area contributed by atoms with Crippen LogP contribution in [-0.2, 0) is 4.79 Å². The fraction of sp³-hybridized carbons (Fsp3) is 0.267. The number of carbonyl (C=O) groups is 1. The van der Waals surface area contributed by atoms with Crippen molar-refractivity contribution >= 4 is 50.6 Å². The normalized spacial score (nSPS) is 12.5. The predicted octanol–water partition coefficient (Wildman–Crippen LogP) is 3.28. The minimum Gasteiger partial charge on any atom is -0.348 e. The zero-order valence-corrected chi connectivity index (χ0v) is 15.3. The second-order valence-electron chi connectivity index (χ2n) is 5.17. The van der Waals surface area contributed by atoms with Crippen LogP contribution < -0.4 is 5.56 Å². The maximum atomic E-state index is 12.5. The van der Waals surface area contributed by atoms with Gasteiger partial charge in [-0.2, -0.15) is 0 Å². The summed E-state index contributed by atoms with van der Waals surface area (Å²) in [6.07, 6.45) is 0. The summed E-state index contributed by atoms with van der Waals surface area (Å²) in [4.78, 5) is 35.0. The van der Waals surface area contributed by atoms with E-state index in [0.29, 0.717) is 15.4 Å². The molecule has 0 spiro atoms. The molecule has 1 atom stereocenters. The van der Waals surface area contributed by atoms with Crippen LogP contribution in [0.25, 0.3) is 20.7 Å². The van der Waals surface area contributed by atoms with E-state index in [4.69, 9.17) is 0 Å². The van der Waals surface area contributed by atoms with Gasteiger partial charge in [0.25, 0.3) is 5.56 Å². The highest BCUT2D eigenvalue weighted by Crippen LogP contribution is 2.34. The third-order valence-electron chi connectivity index (χ3n) is 3.29. The Bertz CT molecular complexity index is 896. The van der Waals surface area contributed by atoms with Crippen LogP contribution in [0.3, 0.4) is 0 Å².